The quantitative estimate of drug-likeness (QED) is 0.773. The first-order valence-electron chi connectivity index (χ1n) is 8.86. The van der Waals surface area contributed by atoms with E-state index in [2.05, 4.69) is 10.6 Å². The summed E-state index contributed by atoms with van der Waals surface area (Å²) in [6.45, 7) is 1.67. The van der Waals surface area contributed by atoms with Gasteiger partial charge in [-0.05, 0) is 54.1 Å². The first kappa shape index (κ1) is 18.1. The van der Waals surface area contributed by atoms with Gasteiger partial charge in [-0.2, -0.15) is 0 Å². The first-order valence-corrected chi connectivity index (χ1v) is 9.24. The van der Waals surface area contributed by atoms with Gasteiger partial charge in [0.05, 0.1) is 0 Å². The zero-order valence-corrected chi connectivity index (χ0v) is 15.7. The Kier molecular flexibility index (Phi) is 5.04. The molecule has 28 heavy (non-hydrogen) atoms. The number of nitrogens with one attached hydrogen (secondary N) is 2. The molecule has 0 unspecified atom stereocenters. The molecule has 0 aromatic heterocycles. The number of carbonyl (C=O) groups excluding carboxylic acids is 2. The van der Waals surface area contributed by atoms with E-state index in [4.69, 9.17) is 16.3 Å². The number of benzene rings is 2. The fourth-order valence-corrected chi connectivity index (χ4v) is 3.25. The van der Waals surface area contributed by atoms with E-state index in [1.165, 1.54) is 6.08 Å². The van der Waals surface area contributed by atoms with Gasteiger partial charge in [0.2, 0.25) is 5.91 Å². The Morgan fingerprint density at radius 2 is 2.04 bits per heavy atom. The molecule has 2 aliphatic heterocycles. The summed E-state index contributed by atoms with van der Waals surface area (Å²) in [5.41, 5.74) is 3.22. The maximum Gasteiger partial charge on any atom is 0.321 e. The average molecular weight is 396 g/mol. The molecule has 0 atom stereocenters. The molecular weight excluding hydrogens is 378 g/mol. The van der Waals surface area contributed by atoms with E-state index in [1.54, 1.807) is 29.2 Å². The lowest BCUT2D eigenvalue weighted by molar-refractivity contribution is -0.111. The number of urea groups is 1. The Balaban J connectivity index is 1.38. The lowest BCUT2D eigenvalue weighted by Gasteiger charge is -2.16. The molecule has 0 aliphatic carbocycles. The molecule has 0 saturated carbocycles. The van der Waals surface area contributed by atoms with Crippen molar-refractivity contribution in [2.24, 2.45) is 0 Å². The zero-order valence-electron chi connectivity index (χ0n) is 14.9. The summed E-state index contributed by atoms with van der Waals surface area (Å²) in [7, 11) is 0. The highest BCUT2D eigenvalue weighted by molar-refractivity contribution is 6.30. The predicted molar refractivity (Wildman–Crippen MR) is 110 cm³/mol. The van der Waals surface area contributed by atoms with Crippen LogP contribution in [-0.2, 0) is 4.79 Å². The van der Waals surface area contributed by atoms with Crippen molar-refractivity contribution < 1.29 is 14.3 Å². The standard InChI is InChI=1S/C21H18ClN3O3/c22-16-2-7-19-15(12-16)11-14(13-28-19)1-8-20(26)24-17-3-5-18(6-4-17)25-10-9-23-21(25)27/h1-8,11-12H,9-10,13H2,(H,23,27)(H,24,26)/b8-1+. The second-order valence-corrected chi connectivity index (χ2v) is 6.88. The van der Waals surface area contributed by atoms with E-state index in [0.717, 1.165) is 22.6 Å². The minimum atomic E-state index is -0.246. The predicted octanol–water partition coefficient (Wildman–Crippen LogP) is 3.84. The molecule has 1 fully saturated rings. The van der Waals surface area contributed by atoms with Crippen molar-refractivity contribution in [3.63, 3.8) is 0 Å². The number of hydrogen-bond donors (Lipinski definition) is 2. The van der Waals surface area contributed by atoms with Crippen LogP contribution >= 0.6 is 11.6 Å². The Labute approximate surface area is 167 Å². The molecule has 4 rings (SSSR count). The number of rotatable bonds is 4. The number of hydrogen-bond acceptors (Lipinski definition) is 3. The lowest BCUT2D eigenvalue weighted by atomic mass is 10.1. The number of halogens is 1. The number of anilines is 2. The van der Waals surface area contributed by atoms with Crippen LogP contribution in [0.3, 0.4) is 0 Å². The highest BCUT2D eigenvalue weighted by Crippen LogP contribution is 2.29. The molecule has 2 aliphatic rings. The van der Waals surface area contributed by atoms with Crippen LogP contribution in [0, 0.1) is 0 Å². The second kappa shape index (κ2) is 7.78. The summed E-state index contributed by atoms with van der Waals surface area (Å²) in [5, 5.41) is 6.20. The number of amides is 3. The second-order valence-electron chi connectivity index (χ2n) is 6.44. The molecule has 2 aromatic carbocycles. The molecule has 142 valence electrons. The van der Waals surface area contributed by atoms with E-state index in [0.29, 0.717) is 30.4 Å². The van der Waals surface area contributed by atoms with Gasteiger partial charge in [-0.3, -0.25) is 9.69 Å². The van der Waals surface area contributed by atoms with Crippen molar-refractivity contribution in [3.05, 3.63) is 70.8 Å². The van der Waals surface area contributed by atoms with Crippen molar-refractivity contribution in [3.8, 4) is 5.75 Å². The Morgan fingerprint density at radius 1 is 1.21 bits per heavy atom. The summed E-state index contributed by atoms with van der Waals surface area (Å²) >= 11 is 6.01. The molecule has 0 radical (unpaired) electrons. The van der Waals surface area contributed by atoms with Gasteiger partial charge < -0.3 is 15.4 Å². The topological polar surface area (TPSA) is 70.7 Å². The minimum absolute atomic E-state index is 0.106. The van der Waals surface area contributed by atoms with E-state index in [-0.39, 0.29) is 11.9 Å². The van der Waals surface area contributed by atoms with Crippen LogP contribution < -0.4 is 20.3 Å². The van der Waals surface area contributed by atoms with Crippen LogP contribution in [0.4, 0.5) is 16.2 Å². The SMILES string of the molecule is O=C(/C=C/C1=Cc2cc(Cl)ccc2OC1)Nc1ccc(N2CCNC2=O)cc1. The zero-order chi connectivity index (χ0) is 19.5. The van der Waals surface area contributed by atoms with Crippen LogP contribution in [0.2, 0.25) is 5.02 Å². The van der Waals surface area contributed by atoms with Crippen LogP contribution in [0.5, 0.6) is 5.75 Å². The number of ether oxygens (including phenoxy) is 1. The Hall–Kier alpha value is -3.25. The van der Waals surface area contributed by atoms with Gasteiger partial charge in [0.15, 0.2) is 0 Å². The molecule has 1 saturated heterocycles. The van der Waals surface area contributed by atoms with Gasteiger partial charge in [-0.1, -0.05) is 17.7 Å². The van der Waals surface area contributed by atoms with Crippen LogP contribution in [0.15, 0.2) is 60.2 Å². The Morgan fingerprint density at radius 3 is 2.79 bits per heavy atom. The smallest absolute Gasteiger partial charge is 0.321 e. The van der Waals surface area contributed by atoms with Crippen molar-refractivity contribution >= 4 is 41.0 Å². The third-order valence-corrected chi connectivity index (χ3v) is 4.69. The molecule has 3 amide bonds. The van der Waals surface area contributed by atoms with Crippen molar-refractivity contribution in [1.82, 2.24) is 5.32 Å². The van der Waals surface area contributed by atoms with E-state index in [1.807, 2.05) is 30.3 Å². The summed E-state index contributed by atoms with van der Waals surface area (Å²) in [6, 6.07) is 12.5. The van der Waals surface area contributed by atoms with Gasteiger partial charge >= 0.3 is 6.03 Å². The molecule has 0 spiro atoms. The fourth-order valence-electron chi connectivity index (χ4n) is 3.07. The highest BCUT2D eigenvalue weighted by Gasteiger charge is 2.20. The van der Waals surface area contributed by atoms with Gasteiger partial charge in [-0.15, -0.1) is 0 Å². The summed E-state index contributed by atoms with van der Waals surface area (Å²) in [6.07, 6.45) is 5.14. The molecule has 2 heterocycles. The van der Waals surface area contributed by atoms with Crippen LogP contribution in [0.1, 0.15) is 5.56 Å². The minimum Gasteiger partial charge on any atom is -0.488 e. The number of fused-ring (bicyclic) bond motifs is 1. The maximum atomic E-state index is 12.2. The van der Waals surface area contributed by atoms with Crippen LogP contribution in [0.25, 0.3) is 6.08 Å². The largest absolute Gasteiger partial charge is 0.488 e. The van der Waals surface area contributed by atoms with Crippen molar-refractivity contribution in [2.45, 2.75) is 0 Å². The van der Waals surface area contributed by atoms with E-state index in [9.17, 15) is 9.59 Å². The molecule has 6 nitrogen and oxygen atoms in total. The molecule has 0 bridgehead atoms. The van der Waals surface area contributed by atoms with Crippen molar-refractivity contribution in [1.29, 1.82) is 0 Å². The third-order valence-electron chi connectivity index (χ3n) is 4.46. The highest BCUT2D eigenvalue weighted by atomic mass is 35.5. The van der Waals surface area contributed by atoms with Gasteiger partial charge in [0.1, 0.15) is 12.4 Å². The summed E-state index contributed by atoms with van der Waals surface area (Å²) < 4.78 is 5.67. The van der Waals surface area contributed by atoms with E-state index >= 15 is 0 Å². The lowest BCUT2D eigenvalue weighted by Crippen LogP contribution is -2.27. The normalized spacial score (nSPS) is 15.7. The molecular formula is C21H18ClN3O3. The number of nitrogens with zero attached hydrogens (tertiary/aromatic N) is 1. The summed E-state index contributed by atoms with van der Waals surface area (Å²) in [4.78, 5) is 25.5. The monoisotopic (exact) mass is 395 g/mol. The van der Waals surface area contributed by atoms with Gasteiger partial charge in [-0.25, -0.2) is 4.79 Å². The summed E-state index contributed by atoms with van der Waals surface area (Å²) in [5.74, 6) is 0.530. The first-order chi connectivity index (χ1) is 13.6. The van der Waals surface area contributed by atoms with Gasteiger partial charge in [0.25, 0.3) is 0 Å². The fraction of sp³-hybridized carbons (Fsp3) is 0.143. The van der Waals surface area contributed by atoms with Crippen LogP contribution in [-0.4, -0.2) is 31.6 Å². The molecule has 2 aromatic rings. The Bertz CT molecular complexity index is 983. The molecule has 7 heteroatoms. The molecule has 2 N–H and O–H groups in total. The van der Waals surface area contributed by atoms with Crippen molar-refractivity contribution in [2.75, 3.05) is 29.9 Å². The maximum absolute atomic E-state index is 12.2. The van der Waals surface area contributed by atoms with E-state index < -0.39 is 0 Å². The number of carbonyl (C=O) groups is 2. The average Bonchev–Trinajstić information content (AvgIpc) is 3.12. The van der Waals surface area contributed by atoms with Gasteiger partial charge in [0, 0.05) is 41.1 Å². The third kappa shape index (κ3) is 4.02.